The van der Waals surface area contributed by atoms with Gasteiger partial charge >= 0.3 is 0 Å². The minimum atomic E-state index is 0.259. The molecule has 2 saturated carbocycles. The molecule has 0 aromatic heterocycles. The molecular formula is C36H63N. The van der Waals surface area contributed by atoms with E-state index < -0.39 is 0 Å². The Bertz CT molecular complexity index is 775. The van der Waals surface area contributed by atoms with E-state index in [0.717, 1.165) is 17.8 Å². The summed E-state index contributed by atoms with van der Waals surface area (Å²) in [5.41, 5.74) is 2.47. The predicted molar refractivity (Wildman–Crippen MR) is 164 cm³/mol. The fraction of sp³-hybridized carbons (Fsp3) is 0.833. The third kappa shape index (κ3) is 7.43. The lowest BCUT2D eigenvalue weighted by molar-refractivity contribution is -0.152. The van der Waals surface area contributed by atoms with Crippen LogP contribution in [0.2, 0.25) is 0 Å². The van der Waals surface area contributed by atoms with Gasteiger partial charge in [-0.15, -0.1) is 0 Å². The number of likely N-dealkylation sites (tertiary alicyclic amines) is 1. The normalized spacial score (nSPS) is 35.0. The average molecular weight is 510 g/mol. The van der Waals surface area contributed by atoms with Crippen molar-refractivity contribution in [1.82, 2.24) is 4.90 Å². The van der Waals surface area contributed by atoms with Crippen LogP contribution in [0.5, 0.6) is 0 Å². The quantitative estimate of drug-likeness (QED) is 0.353. The summed E-state index contributed by atoms with van der Waals surface area (Å²) in [6.45, 7) is 21.3. The molecule has 0 radical (unpaired) electrons. The lowest BCUT2D eigenvalue weighted by Gasteiger charge is -2.65. The first-order chi connectivity index (χ1) is 17.6. The number of piperidine rings is 1. The summed E-state index contributed by atoms with van der Waals surface area (Å²) >= 11 is 0. The third-order valence-corrected chi connectivity index (χ3v) is 11.7. The van der Waals surface area contributed by atoms with Crippen LogP contribution in [-0.2, 0) is 0 Å². The minimum Gasteiger partial charge on any atom is -0.292 e. The highest BCUT2D eigenvalue weighted by Gasteiger charge is 2.57. The summed E-state index contributed by atoms with van der Waals surface area (Å²) in [5.74, 6) is 3.29. The fourth-order valence-electron chi connectivity index (χ4n) is 8.73. The Labute approximate surface area is 232 Å². The third-order valence-electron chi connectivity index (χ3n) is 11.7. The van der Waals surface area contributed by atoms with Crippen molar-refractivity contribution in [3.8, 4) is 0 Å². The highest BCUT2D eigenvalue weighted by molar-refractivity contribution is 5.20. The van der Waals surface area contributed by atoms with Gasteiger partial charge in [-0.3, -0.25) is 4.90 Å². The molecule has 3 aliphatic rings. The number of benzene rings is 1. The van der Waals surface area contributed by atoms with E-state index in [1.54, 1.807) is 0 Å². The van der Waals surface area contributed by atoms with E-state index in [1.807, 2.05) is 0 Å². The first-order valence-electron chi connectivity index (χ1n) is 16.4. The molecule has 1 aromatic rings. The zero-order valence-corrected chi connectivity index (χ0v) is 26.2. The smallest absolute Gasteiger partial charge is 0.0215 e. The largest absolute Gasteiger partial charge is 0.292 e. The average Bonchev–Trinajstić information content (AvgIpc) is 2.91. The van der Waals surface area contributed by atoms with Crippen molar-refractivity contribution in [1.29, 1.82) is 0 Å². The van der Waals surface area contributed by atoms with Gasteiger partial charge in [0.05, 0.1) is 0 Å². The maximum atomic E-state index is 2.96. The Morgan fingerprint density at radius 1 is 0.811 bits per heavy atom. The number of hydrogen-bond acceptors (Lipinski definition) is 1. The topological polar surface area (TPSA) is 3.24 Å². The lowest BCUT2D eigenvalue weighted by Crippen LogP contribution is -2.69. The SMILES string of the molecule is CC1CCCCC1.CCC1(C)CC(C)(CC2CCCCC2)C(C)C(C)(CC)N1CC(C)c1ccccc1. The van der Waals surface area contributed by atoms with Gasteiger partial charge in [0.1, 0.15) is 0 Å². The van der Waals surface area contributed by atoms with Crippen LogP contribution in [0.3, 0.4) is 0 Å². The molecule has 5 atom stereocenters. The fourth-order valence-corrected chi connectivity index (χ4v) is 8.73. The van der Waals surface area contributed by atoms with Crippen molar-refractivity contribution in [2.45, 2.75) is 162 Å². The molecule has 0 bridgehead atoms. The first kappa shape index (κ1) is 30.7. The molecule has 3 fully saturated rings. The second-order valence-electron chi connectivity index (χ2n) is 14.5. The van der Waals surface area contributed by atoms with E-state index in [0.29, 0.717) is 11.3 Å². The summed E-state index contributed by atoms with van der Waals surface area (Å²) < 4.78 is 0. The van der Waals surface area contributed by atoms with Gasteiger partial charge in [0.15, 0.2) is 0 Å². The predicted octanol–water partition coefficient (Wildman–Crippen LogP) is 11.0. The summed E-state index contributed by atoms with van der Waals surface area (Å²) in [5, 5.41) is 0. The van der Waals surface area contributed by atoms with Crippen LogP contribution in [0.1, 0.15) is 157 Å². The molecule has 37 heavy (non-hydrogen) atoms. The van der Waals surface area contributed by atoms with Crippen molar-refractivity contribution in [2.24, 2.45) is 23.2 Å². The molecule has 0 spiro atoms. The van der Waals surface area contributed by atoms with E-state index >= 15 is 0 Å². The van der Waals surface area contributed by atoms with Crippen molar-refractivity contribution in [2.75, 3.05) is 6.54 Å². The van der Waals surface area contributed by atoms with Gasteiger partial charge in [-0.1, -0.05) is 136 Å². The van der Waals surface area contributed by atoms with E-state index in [-0.39, 0.29) is 11.1 Å². The zero-order valence-electron chi connectivity index (χ0n) is 26.2. The van der Waals surface area contributed by atoms with Crippen LogP contribution in [0, 0.1) is 23.2 Å². The Kier molecular flexibility index (Phi) is 11.2. The first-order valence-corrected chi connectivity index (χ1v) is 16.4. The lowest BCUT2D eigenvalue weighted by atomic mass is 9.54. The molecule has 1 heteroatoms. The van der Waals surface area contributed by atoms with E-state index in [9.17, 15) is 0 Å². The molecule has 1 aliphatic heterocycles. The van der Waals surface area contributed by atoms with Crippen LogP contribution in [0.15, 0.2) is 30.3 Å². The monoisotopic (exact) mass is 509 g/mol. The Morgan fingerprint density at radius 3 is 1.86 bits per heavy atom. The van der Waals surface area contributed by atoms with Crippen molar-refractivity contribution < 1.29 is 0 Å². The van der Waals surface area contributed by atoms with Crippen LogP contribution < -0.4 is 0 Å². The molecule has 212 valence electrons. The maximum absolute atomic E-state index is 2.96. The highest BCUT2D eigenvalue weighted by Crippen LogP contribution is 2.57. The molecule has 0 N–H and O–H groups in total. The minimum absolute atomic E-state index is 0.259. The molecule has 1 aromatic carbocycles. The molecule has 4 rings (SSSR count). The molecule has 1 heterocycles. The van der Waals surface area contributed by atoms with Gasteiger partial charge in [0, 0.05) is 17.6 Å². The second kappa shape index (κ2) is 13.5. The maximum Gasteiger partial charge on any atom is 0.0215 e. The molecule has 0 amide bonds. The molecule has 2 aliphatic carbocycles. The summed E-state index contributed by atoms with van der Waals surface area (Å²) in [6.07, 6.45) is 20.1. The van der Waals surface area contributed by atoms with Crippen molar-refractivity contribution in [3.05, 3.63) is 35.9 Å². The van der Waals surface area contributed by atoms with Crippen molar-refractivity contribution in [3.63, 3.8) is 0 Å². The van der Waals surface area contributed by atoms with E-state index in [4.69, 9.17) is 0 Å². The van der Waals surface area contributed by atoms with Crippen LogP contribution in [0.4, 0.5) is 0 Å². The molecule has 1 nitrogen and oxygen atoms in total. The van der Waals surface area contributed by atoms with Gasteiger partial charge in [-0.2, -0.15) is 0 Å². The zero-order chi connectivity index (χ0) is 27.1. The Balaban J connectivity index is 0.000000468. The highest BCUT2D eigenvalue weighted by atomic mass is 15.3. The van der Waals surface area contributed by atoms with E-state index in [1.165, 1.54) is 102 Å². The Morgan fingerprint density at radius 2 is 1.38 bits per heavy atom. The number of rotatable bonds is 7. The summed E-state index contributed by atoms with van der Waals surface area (Å²) in [4.78, 5) is 2.96. The van der Waals surface area contributed by atoms with E-state index in [2.05, 4.69) is 90.6 Å². The van der Waals surface area contributed by atoms with Crippen LogP contribution in [-0.4, -0.2) is 22.5 Å². The van der Waals surface area contributed by atoms with Gasteiger partial charge in [-0.05, 0) is 74.2 Å². The Hall–Kier alpha value is -0.820. The second-order valence-corrected chi connectivity index (χ2v) is 14.5. The van der Waals surface area contributed by atoms with Gasteiger partial charge in [0.2, 0.25) is 0 Å². The van der Waals surface area contributed by atoms with Crippen LogP contribution in [0.25, 0.3) is 0 Å². The van der Waals surface area contributed by atoms with Crippen molar-refractivity contribution >= 4 is 0 Å². The number of hydrogen-bond donors (Lipinski definition) is 0. The molecular weight excluding hydrogens is 446 g/mol. The number of nitrogens with zero attached hydrogens (tertiary/aromatic N) is 1. The van der Waals surface area contributed by atoms with Gasteiger partial charge < -0.3 is 0 Å². The van der Waals surface area contributed by atoms with Gasteiger partial charge in [-0.25, -0.2) is 0 Å². The molecule has 5 unspecified atom stereocenters. The summed E-state index contributed by atoms with van der Waals surface area (Å²) in [6, 6.07) is 11.2. The summed E-state index contributed by atoms with van der Waals surface area (Å²) in [7, 11) is 0. The van der Waals surface area contributed by atoms with Crippen LogP contribution >= 0.6 is 0 Å². The molecule has 1 saturated heterocycles. The van der Waals surface area contributed by atoms with Gasteiger partial charge in [0.25, 0.3) is 0 Å². The standard InChI is InChI=1S/C29H49N.C7H14/c1-8-28(6)22-27(5,20-25-16-12-10-13-17-25)24(4)29(7,9-2)30(28)21-23(3)26-18-14-11-15-19-26;1-7-5-3-2-4-6-7/h11,14-15,18-19,23-25H,8-10,12-13,16-17,20-22H2,1-7H3;7H,2-6H2,1H3.